The number of aromatic amines is 1. The van der Waals surface area contributed by atoms with Crippen LogP contribution >= 0.6 is 0 Å². The van der Waals surface area contributed by atoms with Crippen molar-refractivity contribution in [2.24, 2.45) is 0 Å². The second-order valence-corrected chi connectivity index (χ2v) is 12.2. The first-order chi connectivity index (χ1) is 22.3. The van der Waals surface area contributed by atoms with Crippen LogP contribution in [0.25, 0.3) is 17.0 Å². The molecule has 0 unspecified atom stereocenters. The minimum absolute atomic E-state index is 0.128. The van der Waals surface area contributed by atoms with Gasteiger partial charge in [0.2, 0.25) is 11.8 Å². The van der Waals surface area contributed by atoms with E-state index in [-0.39, 0.29) is 18.2 Å². The zero-order valence-corrected chi connectivity index (χ0v) is 25.8. The summed E-state index contributed by atoms with van der Waals surface area (Å²) in [6.45, 7) is 3.82. The Balaban J connectivity index is 1.20. The first-order valence-corrected chi connectivity index (χ1v) is 15.4. The number of rotatable bonds is 2. The summed E-state index contributed by atoms with van der Waals surface area (Å²) in [5.41, 5.74) is 5.58. The second-order valence-electron chi connectivity index (χ2n) is 12.2. The number of anilines is 1. The van der Waals surface area contributed by atoms with E-state index in [0.29, 0.717) is 57.2 Å². The van der Waals surface area contributed by atoms with Gasteiger partial charge in [-0.05, 0) is 53.8 Å². The monoisotopic (exact) mass is 621 g/mol. The molecular formula is C34H35N7O5. The molecule has 3 N–H and O–H groups in total. The van der Waals surface area contributed by atoms with Crippen LogP contribution in [-0.4, -0.2) is 88.8 Å². The molecule has 1 aromatic carbocycles. The van der Waals surface area contributed by atoms with E-state index in [2.05, 4.69) is 30.8 Å². The lowest BCUT2D eigenvalue weighted by Gasteiger charge is -2.25. The van der Waals surface area contributed by atoms with Gasteiger partial charge in [-0.2, -0.15) is 5.10 Å². The number of H-pyrrole nitrogens is 1. The van der Waals surface area contributed by atoms with Gasteiger partial charge in [-0.1, -0.05) is 18.2 Å². The van der Waals surface area contributed by atoms with Crippen LogP contribution in [0.5, 0.6) is 0 Å². The van der Waals surface area contributed by atoms with E-state index in [1.165, 1.54) is 6.20 Å². The summed E-state index contributed by atoms with van der Waals surface area (Å²) < 4.78 is 11.4. The third kappa shape index (κ3) is 5.54. The van der Waals surface area contributed by atoms with Crippen LogP contribution in [-0.2, 0) is 43.7 Å². The number of fused-ring (bicyclic) bond motifs is 3. The van der Waals surface area contributed by atoms with Gasteiger partial charge in [-0.25, -0.2) is 4.98 Å². The predicted molar refractivity (Wildman–Crippen MR) is 170 cm³/mol. The number of benzene rings is 1. The van der Waals surface area contributed by atoms with Crippen molar-refractivity contribution >= 4 is 40.5 Å². The quantitative estimate of drug-likeness (QED) is 0.309. The number of likely N-dealkylation sites (N-methyl/N-ethyl adjacent to an activating group) is 1. The number of aryl methyl sites for hydroxylation is 1. The number of hydrogen-bond acceptors (Lipinski definition) is 8. The maximum absolute atomic E-state index is 13.8. The summed E-state index contributed by atoms with van der Waals surface area (Å²) >= 11 is 0. The van der Waals surface area contributed by atoms with Crippen LogP contribution < -0.4 is 10.6 Å². The number of amides is 3. The van der Waals surface area contributed by atoms with E-state index in [9.17, 15) is 14.4 Å². The molecule has 4 aromatic rings. The highest BCUT2D eigenvalue weighted by molar-refractivity contribution is 6.06. The number of pyridine rings is 2. The van der Waals surface area contributed by atoms with Crippen LogP contribution in [0, 0.1) is 6.92 Å². The number of hydrogen-bond donors (Lipinski definition) is 3. The molecule has 5 bridgehead atoms. The Morgan fingerprint density at radius 2 is 1.87 bits per heavy atom. The summed E-state index contributed by atoms with van der Waals surface area (Å²) in [5.74, 6) is -0.229. The molecule has 0 saturated heterocycles. The van der Waals surface area contributed by atoms with Crippen molar-refractivity contribution in [3.8, 4) is 0 Å². The highest BCUT2D eigenvalue weighted by Gasteiger charge is 2.52. The first kappa shape index (κ1) is 29.8. The minimum atomic E-state index is -0.855. The van der Waals surface area contributed by atoms with Crippen molar-refractivity contribution in [2.45, 2.75) is 37.6 Å². The molecule has 0 radical (unpaired) electrons. The average Bonchev–Trinajstić information content (AvgIpc) is 3.75. The van der Waals surface area contributed by atoms with E-state index in [1.807, 2.05) is 37.3 Å². The molecule has 3 aliphatic rings. The van der Waals surface area contributed by atoms with Crippen LogP contribution in [0.1, 0.15) is 43.9 Å². The van der Waals surface area contributed by atoms with E-state index in [4.69, 9.17) is 9.47 Å². The van der Waals surface area contributed by atoms with Crippen molar-refractivity contribution in [1.29, 1.82) is 0 Å². The van der Waals surface area contributed by atoms with E-state index < -0.39 is 17.4 Å². The summed E-state index contributed by atoms with van der Waals surface area (Å²) in [6, 6.07) is 6.92. The number of ether oxygens (including phenoxy) is 2. The molecule has 7 rings (SSSR count). The van der Waals surface area contributed by atoms with Gasteiger partial charge in [0, 0.05) is 55.5 Å². The molecule has 0 fully saturated rings. The van der Waals surface area contributed by atoms with Gasteiger partial charge in [-0.15, -0.1) is 0 Å². The second kappa shape index (κ2) is 12.1. The zero-order chi connectivity index (χ0) is 31.8. The highest BCUT2D eigenvalue weighted by Crippen LogP contribution is 2.46. The Bertz CT molecular complexity index is 1880. The Morgan fingerprint density at radius 1 is 1.00 bits per heavy atom. The Labute approximate surface area is 265 Å². The van der Waals surface area contributed by atoms with Crippen molar-refractivity contribution in [3.05, 3.63) is 88.0 Å². The van der Waals surface area contributed by atoms with Gasteiger partial charge >= 0.3 is 0 Å². The highest BCUT2D eigenvalue weighted by atomic mass is 16.5. The van der Waals surface area contributed by atoms with Crippen LogP contribution in [0.4, 0.5) is 5.82 Å². The average molecular weight is 622 g/mol. The normalized spacial score (nSPS) is 22.8. The number of nitrogens with one attached hydrogen (secondary N) is 3. The molecule has 236 valence electrons. The molecule has 2 atom stereocenters. The fraction of sp³-hybridized carbons (Fsp3) is 0.353. The topological polar surface area (TPSA) is 151 Å². The van der Waals surface area contributed by atoms with Crippen molar-refractivity contribution < 1.29 is 23.9 Å². The molecule has 5 heterocycles. The Kier molecular flexibility index (Phi) is 7.83. The molecule has 12 nitrogen and oxygen atoms in total. The molecule has 0 saturated carbocycles. The van der Waals surface area contributed by atoms with Gasteiger partial charge in [0.25, 0.3) is 5.91 Å². The summed E-state index contributed by atoms with van der Waals surface area (Å²) in [4.78, 5) is 51.7. The molecule has 46 heavy (non-hydrogen) atoms. The molecule has 3 amide bonds. The standard InChI is InChI=1S/C34H35N7O5/c1-20-10-22(11-24-19-37-40-29(20)24)13-27-32(43)41(2)5-7-46-9-8-45-6-3-4-21-12-26-30(36-17-21)39-33(44)34(26)15-23-14-25(31(42)38-27)18-35-28(23)16-34/h3-4,10-12,14,17-19,27H,5-9,13,15-16H2,1-2H3,(H,37,40)(H,38,42)(H,36,39,44)/b4-3+/t27-,34+/m1/s1. The van der Waals surface area contributed by atoms with E-state index >= 15 is 0 Å². The number of nitrogens with zero attached hydrogens (tertiary/aromatic N) is 4. The summed E-state index contributed by atoms with van der Waals surface area (Å²) in [7, 11) is 1.70. The van der Waals surface area contributed by atoms with Gasteiger partial charge in [-0.3, -0.25) is 24.5 Å². The zero-order valence-electron chi connectivity index (χ0n) is 25.8. The number of carbonyl (C=O) groups is 3. The number of carbonyl (C=O) groups excluding carboxylic acids is 3. The molecule has 2 aliphatic heterocycles. The van der Waals surface area contributed by atoms with Crippen LogP contribution in [0.3, 0.4) is 0 Å². The van der Waals surface area contributed by atoms with Gasteiger partial charge in [0.15, 0.2) is 0 Å². The smallest absolute Gasteiger partial charge is 0.253 e. The maximum Gasteiger partial charge on any atom is 0.253 e. The SMILES string of the molecule is Cc1cc(C[C@H]2NC(=O)c3cnc4c(c3)C[C@@]3(C4)C(=O)Nc4ncc(cc43)/C=C/COCCOCCN(C)C2=O)cc2cn[nH]c12. The molecule has 3 aromatic heterocycles. The fourth-order valence-corrected chi connectivity index (χ4v) is 6.63. The lowest BCUT2D eigenvalue weighted by Crippen LogP contribution is -2.49. The van der Waals surface area contributed by atoms with Crippen molar-refractivity contribution in [3.63, 3.8) is 0 Å². The molecular weight excluding hydrogens is 586 g/mol. The third-order valence-electron chi connectivity index (χ3n) is 9.07. The summed E-state index contributed by atoms with van der Waals surface area (Å²) in [5, 5.41) is 14.0. The fourth-order valence-electron chi connectivity index (χ4n) is 6.63. The molecule has 1 aliphatic carbocycles. The van der Waals surface area contributed by atoms with E-state index in [1.54, 1.807) is 30.4 Å². The summed E-state index contributed by atoms with van der Waals surface area (Å²) in [6.07, 6.45) is 9.90. The van der Waals surface area contributed by atoms with Gasteiger partial charge in [0.1, 0.15) is 11.9 Å². The largest absolute Gasteiger partial charge is 0.377 e. The predicted octanol–water partition coefficient (Wildman–Crippen LogP) is 2.51. The molecule has 1 spiro atoms. The van der Waals surface area contributed by atoms with Crippen molar-refractivity contribution in [2.75, 3.05) is 45.3 Å². The minimum Gasteiger partial charge on any atom is -0.377 e. The lowest BCUT2D eigenvalue weighted by atomic mass is 9.79. The van der Waals surface area contributed by atoms with Crippen molar-refractivity contribution in [1.82, 2.24) is 30.4 Å². The Hall–Kier alpha value is -4.94. The third-order valence-corrected chi connectivity index (χ3v) is 9.07. The first-order valence-electron chi connectivity index (χ1n) is 15.4. The van der Waals surface area contributed by atoms with E-state index in [0.717, 1.165) is 44.4 Å². The van der Waals surface area contributed by atoms with Gasteiger partial charge in [0.05, 0.1) is 49.1 Å². The van der Waals surface area contributed by atoms with Crippen LogP contribution in [0.15, 0.2) is 48.9 Å². The molecule has 12 heteroatoms. The Morgan fingerprint density at radius 3 is 2.76 bits per heavy atom. The van der Waals surface area contributed by atoms with Gasteiger partial charge < -0.3 is 25.0 Å². The lowest BCUT2D eigenvalue weighted by molar-refractivity contribution is -0.132. The van der Waals surface area contributed by atoms with Crippen LogP contribution in [0.2, 0.25) is 0 Å². The number of aromatic nitrogens is 4. The maximum atomic E-state index is 13.8.